The van der Waals surface area contributed by atoms with E-state index in [2.05, 4.69) is 12.5 Å². The molecular formula is C10H15OS2+. The van der Waals surface area contributed by atoms with Crippen LogP contribution in [0.4, 0.5) is 0 Å². The molecule has 13 heavy (non-hydrogen) atoms. The van der Waals surface area contributed by atoms with Crippen LogP contribution in [0.3, 0.4) is 0 Å². The van der Waals surface area contributed by atoms with Crippen molar-refractivity contribution in [2.75, 3.05) is 17.6 Å². The van der Waals surface area contributed by atoms with Crippen LogP contribution in [-0.2, 0) is 21.7 Å². The second-order valence-corrected chi connectivity index (χ2v) is 7.34. The molecule has 0 amide bonds. The predicted molar refractivity (Wildman–Crippen MR) is 61.7 cm³/mol. The second kappa shape index (κ2) is 4.82. The summed E-state index contributed by atoms with van der Waals surface area (Å²) in [4.78, 5) is 0.951. The van der Waals surface area contributed by atoms with E-state index in [0.717, 1.165) is 9.98 Å². The highest BCUT2D eigenvalue weighted by Gasteiger charge is 2.11. The molecule has 1 aromatic carbocycles. The van der Waals surface area contributed by atoms with E-state index in [1.807, 2.05) is 31.2 Å². The molecule has 0 aliphatic rings. The van der Waals surface area contributed by atoms with Gasteiger partial charge in [-0.25, -0.2) is 4.21 Å². The molecule has 0 radical (unpaired) electrons. The van der Waals surface area contributed by atoms with Gasteiger partial charge in [-0.3, -0.25) is 0 Å². The van der Waals surface area contributed by atoms with Crippen molar-refractivity contribution in [1.82, 2.24) is 0 Å². The summed E-state index contributed by atoms with van der Waals surface area (Å²) < 4.78 is 11.7. The lowest BCUT2D eigenvalue weighted by Crippen LogP contribution is -2.08. The Morgan fingerprint density at radius 2 is 1.77 bits per heavy atom. The first-order valence-electron chi connectivity index (χ1n) is 4.09. The highest BCUT2D eigenvalue weighted by Crippen LogP contribution is 2.09. The van der Waals surface area contributed by atoms with Crippen LogP contribution in [0.25, 0.3) is 0 Å². The van der Waals surface area contributed by atoms with Crippen molar-refractivity contribution < 1.29 is 4.21 Å². The first-order chi connectivity index (χ1) is 6.09. The van der Waals surface area contributed by atoms with E-state index in [9.17, 15) is 4.21 Å². The van der Waals surface area contributed by atoms with Crippen LogP contribution in [0.5, 0.6) is 0 Å². The second-order valence-electron chi connectivity index (χ2n) is 3.26. The molecule has 0 heterocycles. The monoisotopic (exact) mass is 215 g/mol. The Balaban J connectivity index is 2.72. The lowest BCUT2D eigenvalue weighted by Gasteiger charge is -2.00. The highest BCUT2D eigenvalue weighted by atomic mass is 32.3. The molecule has 0 saturated carbocycles. The Hall–Kier alpha value is -0.280. The predicted octanol–water partition coefficient (Wildman–Crippen LogP) is 1.94. The van der Waals surface area contributed by atoms with Gasteiger partial charge in [-0.1, -0.05) is 17.7 Å². The van der Waals surface area contributed by atoms with Gasteiger partial charge in [0.25, 0.3) is 0 Å². The van der Waals surface area contributed by atoms with E-state index in [1.54, 1.807) is 0 Å². The van der Waals surface area contributed by atoms with Crippen LogP contribution in [0.1, 0.15) is 5.56 Å². The van der Waals surface area contributed by atoms with Gasteiger partial charge in [0, 0.05) is 4.90 Å². The average Bonchev–Trinajstić information content (AvgIpc) is 2.04. The van der Waals surface area contributed by atoms with Crippen molar-refractivity contribution in [3.8, 4) is 0 Å². The first kappa shape index (κ1) is 10.8. The van der Waals surface area contributed by atoms with E-state index >= 15 is 0 Å². The minimum Gasteiger partial charge on any atom is -0.249 e. The van der Waals surface area contributed by atoms with E-state index in [1.165, 1.54) is 5.56 Å². The van der Waals surface area contributed by atoms with Crippen LogP contribution in [0.2, 0.25) is 0 Å². The molecule has 1 aromatic rings. The maximum absolute atomic E-state index is 11.7. The van der Waals surface area contributed by atoms with Crippen LogP contribution in [0.15, 0.2) is 29.2 Å². The summed E-state index contributed by atoms with van der Waals surface area (Å²) in [6.45, 7) is 2.04. The fourth-order valence-corrected chi connectivity index (χ4v) is 3.67. The largest absolute Gasteiger partial charge is 0.249 e. The van der Waals surface area contributed by atoms with Crippen LogP contribution in [-0.4, -0.2) is 21.8 Å². The third kappa shape index (κ3) is 3.53. The van der Waals surface area contributed by atoms with Gasteiger partial charge in [-0.2, -0.15) is 0 Å². The fraction of sp³-hybridized carbons (Fsp3) is 0.400. The zero-order valence-electron chi connectivity index (χ0n) is 8.24. The van der Waals surface area contributed by atoms with Gasteiger partial charge in [0.1, 0.15) is 10.8 Å². The maximum Gasteiger partial charge on any atom is 0.185 e. The van der Waals surface area contributed by atoms with Gasteiger partial charge in [-0.05, 0) is 30.0 Å². The minimum atomic E-state index is -0.809. The van der Waals surface area contributed by atoms with Gasteiger partial charge in [0.05, 0.1) is 12.5 Å². The lowest BCUT2D eigenvalue weighted by atomic mass is 10.2. The number of hydrogen-bond donors (Lipinski definition) is 0. The average molecular weight is 215 g/mol. The molecule has 1 rings (SSSR count). The van der Waals surface area contributed by atoms with E-state index in [4.69, 9.17) is 0 Å². The molecular weight excluding hydrogens is 200 g/mol. The summed E-state index contributed by atoms with van der Waals surface area (Å²) >= 11 is 0. The Morgan fingerprint density at radius 1 is 1.23 bits per heavy atom. The Labute approximate surface area is 85.4 Å². The zero-order chi connectivity index (χ0) is 9.84. The molecule has 0 aliphatic carbocycles. The SMILES string of the molecule is Cc1ccc(S(=O)C[S+](C)C)cc1. The molecule has 0 spiro atoms. The molecule has 1 atom stereocenters. The number of rotatable bonds is 3. The quantitative estimate of drug-likeness (QED) is 0.704. The lowest BCUT2D eigenvalue weighted by molar-refractivity contribution is 0.686. The fourth-order valence-electron chi connectivity index (χ4n) is 0.972. The van der Waals surface area contributed by atoms with Crippen molar-refractivity contribution in [1.29, 1.82) is 0 Å². The van der Waals surface area contributed by atoms with Crippen molar-refractivity contribution in [2.45, 2.75) is 11.8 Å². The molecule has 1 nitrogen and oxygen atoms in total. The molecule has 0 aliphatic heterocycles. The number of aryl methyl sites for hydroxylation is 1. The maximum atomic E-state index is 11.7. The highest BCUT2D eigenvalue weighted by molar-refractivity contribution is 8.07. The van der Waals surface area contributed by atoms with Crippen LogP contribution in [0, 0.1) is 6.92 Å². The van der Waals surface area contributed by atoms with E-state index in [0.29, 0.717) is 0 Å². The topological polar surface area (TPSA) is 17.1 Å². The third-order valence-electron chi connectivity index (χ3n) is 1.63. The molecule has 0 bridgehead atoms. The molecule has 0 fully saturated rings. The third-order valence-corrected chi connectivity index (χ3v) is 5.17. The normalized spacial score (nSPS) is 13.2. The van der Waals surface area contributed by atoms with E-state index < -0.39 is 10.8 Å². The van der Waals surface area contributed by atoms with Crippen LogP contribution >= 0.6 is 0 Å². The number of hydrogen-bond acceptors (Lipinski definition) is 1. The molecule has 0 aromatic heterocycles. The Kier molecular flexibility index (Phi) is 4.00. The first-order valence-corrected chi connectivity index (χ1v) is 7.62. The van der Waals surface area contributed by atoms with Crippen molar-refractivity contribution in [3.05, 3.63) is 29.8 Å². The molecule has 0 saturated heterocycles. The number of benzene rings is 1. The van der Waals surface area contributed by atoms with Crippen LogP contribution < -0.4 is 0 Å². The summed E-state index contributed by atoms with van der Waals surface area (Å²) in [6.07, 6.45) is 4.23. The Morgan fingerprint density at radius 3 is 2.23 bits per heavy atom. The van der Waals surface area contributed by atoms with Gasteiger partial charge >= 0.3 is 0 Å². The zero-order valence-corrected chi connectivity index (χ0v) is 9.87. The standard InChI is InChI=1S/C10H15OS2/c1-9-4-6-10(7-5-9)13(11)8-12(2)3/h4-7H,8H2,1-3H3/q+1. The smallest absolute Gasteiger partial charge is 0.185 e. The van der Waals surface area contributed by atoms with E-state index in [-0.39, 0.29) is 10.9 Å². The van der Waals surface area contributed by atoms with Gasteiger partial charge in [0.15, 0.2) is 5.08 Å². The molecule has 72 valence electrons. The molecule has 0 N–H and O–H groups in total. The molecule has 3 heteroatoms. The minimum absolute atomic E-state index is 0.248. The summed E-state index contributed by atoms with van der Waals surface area (Å²) in [5, 5.41) is 0.781. The molecule has 1 unspecified atom stereocenters. The Bertz CT molecular complexity index is 290. The summed E-state index contributed by atoms with van der Waals surface area (Å²) in [5.41, 5.74) is 1.22. The van der Waals surface area contributed by atoms with Crippen molar-refractivity contribution >= 4 is 21.7 Å². The van der Waals surface area contributed by atoms with Crippen molar-refractivity contribution in [3.63, 3.8) is 0 Å². The van der Waals surface area contributed by atoms with Crippen molar-refractivity contribution in [2.24, 2.45) is 0 Å². The van der Waals surface area contributed by atoms with Gasteiger partial charge in [-0.15, -0.1) is 0 Å². The summed E-state index contributed by atoms with van der Waals surface area (Å²) in [6, 6.07) is 7.93. The van der Waals surface area contributed by atoms with Gasteiger partial charge in [0.2, 0.25) is 0 Å². The summed E-state index contributed by atoms with van der Waals surface area (Å²) in [5.74, 6) is 0. The van der Waals surface area contributed by atoms with Gasteiger partial charge < -0.3 is 0 Å². The summed E-state index contributed by atoms with van der Waals surface area (Å²) in [7, 11) is -0.561.